The topological polar surface area (TPSA) is 60.8 Å². The summed E-state index contributed by atoms with van der Waals surface area (Å²) in [6.45, 7) is 6.40. The number of pyridine rings is 1. The van der Waals surface area contributed by atoms with Gasteiger partial charge in [0.15, 0.2) is 0 Å². The number of benzene rings is 1. The Labute approximate surface area is 157 Å². The third kappa shape index (κ3) is 4.81. The minimum absolute atomic E-state index is 0.0133. The summed E-state index contributed by atoms with van der Waals surface area (Å²) in [4.78, 5) is 27.3. The van der Waals surface area contributed by atoms with Gasteiger partial charge in [-0.05, 0) is 24.6 Å². The highest BCUT2D eigenvalue weighted by molar-refractivity contribution is 5.90. The van der Waals surface area contributed by atoms with Crippen LogP contribution >= 0.6 is 0 Å². The second-order valence-electron chi connectivity index (χ2n) is 6.33. The van der Waals surface area contributed by atoms with Gasteiger partial charge in [0.2, 0.25) is 5.43 Å². The number of halogens is 1. The van der Waals surface area contributed by atoms with Crippen LogP contribution in [-0.4, -0.2) is 54.9 Å². The van der Waals surface area contributed by atoms with Crippen LogP contribution in [0.1, 0.15) is 17.3 Å². The molecule has 0 unspecified atom stereocenters. The lowest BCUT2D eigenvalue weighted by atomic mass is 10.0. The van der Waals surface area contributed by atoms with Gasteiger partial charge in [0, 0.05) is 44.1 Å². The largest absolute Gasteiger partial charge is 0.462 e. The molecule has 0 amide bonds. The van der Waals surface area contributed by atoms with Crippen molar-refractivity contribution in [1.29, 1.82) is 0 Å². The highest BCUT2D eigenvalue weighted by Crippen LogP contribution is 2.17. The fraction of sp³-hybridized carbons (Fsp3) is 0.400. The zero-order valence-electron chi connectivity index (χ0n) is 15.3. The van der Waals surface area contributed by atoms with Crippen LogP contribution in [0.15, 0.2) is 41.5 Å². The van der Waals surface area contributed by atoms with E-state index in [0.717, 1.165) is 19.6 Å². The van der Waals surface area contributed by atoms with Crippen molar-refractivity contribution in [1.82, 2.24) is 9.47 Å². The van der Waals surface area contributed by atoms with E-state index >= 15 is 0 Å². The van der Waals surface area contributed by atoms with Gasteiger partial charge in [-0.2, -0.15) is 0 Å². The van der Waals surface area contributed by atoms with E-state index in [1.54, 1.807) is 13.1 Å². The fourth-order valence-electron chi connectivity index (χ4n) is 3.03. The SMILES string of the molecule is CCOC(=O)c1cn(CCN2CCOCC2)cc(-c2ccc(F)cc2)c1=O. The van der Waals surface area contributed by atoms with E-state index in [9.17, 15) is 14.0 Å². The van der Waals surface area contributed by atoms with E-state index in [2.05, 4.69) is 4.90 Å². The Hall–Kier alpha value is -2.51. The lowest BCUT2D eigenvalue weighted by Crippen LogP contribution is -2.38. The zero-order chi connectivity index (χ0) is 19.2. The van der Waals surface area contributed by atoms with Crippen molar-refractivity contribution in [3.63, 3.8) is 0 Å². The van der Waals surface area contributed by atoms with Crippen LogP contribution in [0, 0.1) is 5.82 Å². The van der Waals surface area contributed by atoms with E-state index in [0.29, 0.717) is 30.9 Å². The van der Waals surface area contributed by atoms with Gasteiger partial charge in [0.05, 0.1) is 19.8 Å². The summed E-state index contributed by atoms with van der Waals surface area (Å²) in [6, 6.07) is 5.66. The summed E-state index contributed by atoms with van der Waals surface area (Å²) < 4.78 is 25.4. The van der Waals surface area contributed by atoms with Crippen LogP contribution in [0.25, 0.3) is 11.1 Å². The molecule has 3 rings (SSSR count). The fourth-order valence-corrected chi connectivity index (χ4v) is 3.03. The molecule has 27 heavy (non-hydrogen) atoms. The number of nitrogens with zero attached hydrogens (tertiary/aromatic N) is 2. The molecule has 1 aromatic carbocycles. The molecular formula is C20H23FN2O4. The van der Waals surface area contributed by atoms with Crippen molar-refractivity contribution in [3.05, 3.63) is 58.3 Å². The van der Waals surface area contributed by atoms with Crippen LogP contribution < -0.4 is 5.43 Å². The van der Waals surface area contributed by atoms with Crippen molar-refractivity contribution < 1.29 is 18.7 Å². The molecule has 0 spiro atoms. The van der Waals surface area contributed by atoms with Crippen molar-refractivity contribution in [2.45, 2.75) is 13.5 Å². The molecule has 2 aromatic rings. The second-order valence-corrected chi connectivity index (χ2v) is 6.33. The summed E-state index contributed by atoms with van der Waals surface area (Å²) in [7, 11) is 0. The van der Waals surface area contributed by atoms with Gasteiger partial charge in [0.25, 0.3) is 0 Å². The second kappa shape index (κ2) is 8.92. The summed E-state index contributed by atoms with van der Waals surface area (Å²) in [6.07, 6.45) is 3.24. The van der Waals surface area contributed by atoms with Crippen LogP contribution in [0.5, 0.6) is 0 Å². The lowest BCUT2D eigenvalue weighted by molar-refractivity contribution is 0.0363. The molecule has 1 fully saturated rings. The van der Waals surface area contributed by atoms with Crippen LogP contribution in [0.4, 0.5) is 4.39 Å². The molecule has 144 valence electrons. The maximum Gasteiger partial charge on any atom is 0.343 e. The Kier molecular flexibility index (Phi) is 6.36. The van der Waals surface area contributed by atoms with E-state index in [-0.39, 0.29) is 18.0 Å². The van der Waals surface area contributed by atoms with E-state index in [1.807, 2.05) is 4.57 Å². The first kappa shape index (κ1) is 19.3. The molecule has 7 heteroatoms. The Morgan fingerprint density at radius 1 is 1.15 bits per heavy atom. The summed E-state index contributed by atoms with van der Waals surface area (Å²) in [5, 5.41) is 0. The van der Waals surface area contributed by atoms with Crippen LogP contribution in [0.3, 0.4) is 0 Å². The number of carbonyl (C=O) groups is 1. The average Bonchev–Trinajstić information content (AvgIpc) is 2.69. The Morgan fingerprint density at radius 2 is 1.85 bits per heavy atom. The number of ether oxygens (including phenoxy) is 2. The first-order valence-electron chi connectivity index (χ1n) is 9.05. The van der Waals surface area contributed by atoms with Gasteiger partial charge in [0.1, 0.15) is 11.4 Å². The van der Waals surface area contributed by atoms with E-state index < -0.39 is 11.4 Å². The van der Waals surface area contributed by atoms with E-state index in [4.69, 9.17) is 9.47 Å². The molecule has 6 nitrogen and oxygen atoms in total. The monoisotopic (exact) mass is 374 g/mol. The Morgan fingerprint density at radius 3 is 2.52 bits per heavy atom. The third-order valence-corrected chi connectivity index (χ3v) is 4.51. The highest BCUT2D eigenvalue weighted by atomic mass is 19.1. The Bertz CT molecular complexity index is 842. The summed E-state index contributed by atoms with van der Waals surface area (Å²) >= 11 is 0. The average molecular weight is 374 g/mol. The van der Waals surface area contributed by atoms with Gasteiger partial charge in [-0.25, -0.2) is 9.18 Å². The van der Waals surface area contributed by atoms with Crippen LogP contribution in [-0.2, 0) is 16.0 Å². The standard InChI is InChI=1S/C20H23FN2O4/c1-2-27-20(25)18-14-23(8-7-22-9-11-26-12-10-22)13-17(19(18)24)15-3-5-16(21)6-4-15/h3-6,13-14H,2,7-12H2,1H3. The number of carbonyl (C=O) groups excluding carboxylic acids is 1. The Balaban J connectivity index is 1.93. The summed E-state index contributed by atoms with van der Waals surface area (Å²) in [5.41, 5.74) is 0.485. The first-order valence-corrected chi connectivity index (χ1v) is 9.05. The molecule has 1 aliphatic heterocycles. The van der Waals surface area contributed by atoms with Crippen LogP contribution in [0.2, 0.25) is 0 Å². The van der Waals surface area contributed by atoms with Gasteiger partial charge in [-0.15, -0.1) is 0 Å². The zero-order valence-corrected chi connectivity index (χ0v) is 15.3. The molecule has 0 radical (unpaired) electrons. The van der Waals surface area contributed by atoms with Crippen molar-refractivity contribution in [2.24, 2.45) is 0 Å². The maximum atomic E-state index is 13.2. The lowest BCUT2D eigenvalue weighted by Gasteiger charge is -2.27. The molecule has 0 saturated carbocycles. The number of rotatable bonds is 6. The predicted octanol–water partition coefficient (Wildman–Crippen LogP) is 2.16. The molecule has 1 aromatic heterocycles. The third-order valence-electron chi connectivity index (χ3n) is 4.51. The number of hydrogen-bond acceptors (Lipinski definition) is 5. The molecular weight excluding hydrogens is 351 g/mol. The van der Waals surface area contributed by atoms with Crippen molar-refractivity contribution in [2.75, 3.05) is 39.5 Å². The van der Waals surface area contributed by atoms with Crippen molar-refractivity contribution >= 4 is 5.97 Å². The van der Waals surface area contributed by atoms with Gasteiger partial charge >= 0.3 is 5.97 Å². The predicted molar refractivity (Wildman–Crippen MR) is 99.3 cm³/mol. The normalized spacial score (nSPS) is 14.9. The van der Waals surface area contributed by atoms with E-state index in [1.165, 1.54) is 30.5 Å². The molecule has 1 aliphatic rings. The molecule has 2 heterocycles. The molecule has 0 aliphatic carbocycles. The van der Waals surface area contributed by atoms with Gasteiger partial charge in [-0.1, -0.05) is 12.1 Å². The molecule has 0 atom stereocenters. The molecule has 0 bridgehead atoms. The number of hydrogen-bond donors (Lipinski definition) is 0. The highest BCUT2D eigenvalue weighted by Gasteiger charge is 2.18. The summed E-state index contributed by atoms with van der Waals surface area (Å²) in [5.74, 6) is -1.03. The van der Waals surface area contributed by atoms with Gasteiger partial charge in [-0.3, -0.25) is 9.69 Å². The number of esters is 1. The number of morpholine rings is 1. The van der Waals surface area contributed by atoms with Crippen molar-refractivity contribution in [3.8, 4) is 11.1 Å². The quantitative estimate of drug-likeness (QED) is 0.726. The molecule has 1 saturated heterocycles. The number of aromatic nitrogens is 1. The minimum Gasteiger partial charge on any atom is -0.462 e. The smallest absolute Gasteiger partial charge is 0.343 e. The molecule has 0 N–H and O–H groups in total. The minimum atomic E-state index is -0.647. The first-order chi connectivity index (χ1) is 13.1. The maximum absolute atomic E-state index is 13.2. The van der Waals surface area contributed by atoms with Gasteiger partial charge < -0.3 is 14.0 Å².